The number of nitrogens with one attached hydrogen (secondary N) is 1. The second kappa shape index (κ2) is 4.20. The van der Waals surface area contributed by atoms with Crippen LogP contribution in [0.25, 0.3) is 0 Å². The largest absolute Gasteiger partial charge is 0.426 e. The van der Waals surface area contributed by atoms with Gasteiger partial charge < -0.3 is 5.11 Å². The Bertz CT molecular complexity index is 604. The molecule has 4 nitrogen and oxygen atoms in total. The molecule has 0 bridgehead atoms. The maximum Gasteiger partial charge on any atom is 0.426 e. The van der Waals surface area contributed by atoms with Gasteiger partial charge in [0.2, 0.25) is 5.60 Å². The maximum atomic E-state index is 13.2. The first-order valence-electron chi connectivity index (χ1n) is 6.72. The van der Waals surface area contributed by atoms with Crippen LogP contribution < -0.4 is 10.2 Å². The standard InChI is InChI=1S/C14H15F3N2O2/c1-2-12-8-13(21,14(15,16)17)11(20)19(12)10-6-4-3-5-9(10)7-18-12/h3-6,18,21H,2,7-8H2,1H3/t12-,13+/m1/s1. The molecule has 0 unspecified atom stereocenters. The molecule has 0 radical (unpaired) electrons. The minimum absolute atomic E-state index is 0.269. The van der Waals surface area contributed by atoms with Crippen LogP contribution in [-0.4, -0.2) is 28.5 Å². The number of benzene rings is 1. The molecular formula is C14H15F3N2O2. The van der Waals surface area contributed by atoms with Gasteiger partial charge >= 0.3 is 6.18 Å². The summed E-state index contributed by atoms with van der Waals surface area (Å²) >= 11 is 0. The lowest BCUT2D eigenvalue weighted by atomic mass is 9.92. The van der Waals surface area contributed by atoms with Gasteiger partial charge in [0.25, 0.3) is 5.91 Å². The minimum atomic E-state index is -5.00. The lowest BCUT2D eigenvalue weighted by Crippen LogP contribution is -2.59. The van der Waals surface area contributed by atoms with Gasteiger partial charge in [0.1, 0.15) is 5.66 Å². The Morgan fingerprint density at radius 2 is 2.05 bits per heavy atom. The quantitative estimate of drug-likeness (QED) is 0.833. The molecule has 0 saturated carbocycles. The van der Waals surface area contributed by atoms with E-state index in [1.54, 1.807) is 31.2 Å². The number of anilines is 1. The summed E-state index contributed by atoms with van der Waals surface area (Å²) in [4.78, 5) is 13.4. The second-order valence-electron chi connectivity index (χ2n) is 5.54. The van der Waals surface area contributed by atoms with Crippen molar-refractivity contribution in [1.29, 1.82) is 0 Å². The van der Waals surface area contributed by atoms with Crippen molar-refractivity contribution in [2.24, 2.45) is 0 Å². The fourth-order valence-corrected chi connectivity index (χ4v) is 3.21. The summed E-state index contributed by atoms with van der Waals surface area (Å²) in [5.74, 6) is -1.31. The van der Waals surface area contributed by atoms with Crippen molar-refractivity contribution in [3.05, 3.63) is 29.8 Å². The Hall–Kier alpha value is -1.60. The first-order chi connectivity index (χ1) is 9.75. The smallest absolute Gasteiger partial charge is 0.373 e. The summed E-state index contributed by atoms with van der Waals surface area (Å²) in [7, 11) is 0. The van der Waals surface area contributed by atoms with Crippen molar-refractivity contribution in [1.82, 2.24) is 5.32 Å². The summed E-state index contributed by atoms with van der Waals surface area (Å²) in [6.45, 7) is 2.06. The highest BCUT2D eigenvalue weighted by Crippen LogP contribution is 2.50. The van der Waals surface area contributed by atoms with Gasteiger partial charge in [-0.15, -0.1) is 0 Å². The second-order valence-corrected chi connectivity index (χ2v) is 5.54. The highest BCUT2D eigenvalue weighted by molar-refractivity contribution is 6.05. The van der Waals surface area contributed by atoms with Gasteiger partial charge in [0.15, 0.2) is 0 Å². The number of hydrogen-bond acceptors (Lipinski definition) is 3. The van der Waals surface area contributed by atoms with E-state index in [2.05, 4.69) is 5.32 Å². The Labute approximate surface area is 119 Å². The highest BCUT2D eigenvalue weighted by Gasteiger charge is 2.71. The van der Waals surface area contributed by atoms with Gasteiger partial charge in [-0.05, 0) is 18.1 Å². The summed E-state index contributed by atoms with van der Waals surface area (Å²) in [6.07, 6.45) is -5.43. The monoisotopic (exact) mass is 300 g/mol. The van der Waals surface area contributed by atoms with Crippen LogP contribution in [0.4, 0.5) is 18.9 Å². The van der Waals surface area contributed by atoms with Crippen molar-refractivity contribution in [2.45, 2.75) is 43.8 Å². The molecule has 2 atom stereocenters. The third kappa shape index (κ3) is 1.74. The van der Waals surface area contributed by atoms with E-state index >= 15 is 0 Å². The number of para-hydroxylation sites is 1. The van der Waals surface area contributed by atoms with Crippen LogP contribution in [-0.2, 0) is 11.3 Å². The van der Waals surface area contributed by atoms with Gasteiger partial charge in [0.05, 0.1) is 5.69 Å². The molecule has 3 rings (SSSR count). The average Bonchev–Trinajstić information content (AvgIpc) is 2.69. The number of carbonyl (C=O) groups excluding carboxylic acids is 1. The van der Waals surface area contributed by atoms with E-state index in [-0.39, 0.29) is 6.42 Å². The number of fused-ring (bicyclic) bond motifs is 3. The number of hydrogen-bond donors (Lipinski definition) is 2. The summed E-state index contributed by atoms with van der Waals surface area (Å²) in [5.41, 5.74) is -3.37. The lowest BCUT2D eigenvalue weighted by Gasteiger charge is -2.43. The van der Waals surface area contributed by atoms with Gasteiger partial charge in [-0.1, -0.05) is 25.1 Å². The molecule has 2 heterocycles. The Morgan fingerprint density at radius 1 is 1.38 bits per heavy atom. The molecule has 2 aliphatic rings. The molecule has 21 heavy (non-hydrogen) atoms. The van der Waals surface area contributed by atoms with E-state index in [1.165, 1.54) is 0 Å². The topological polar surface area (TPSA) is 52.6 Å². The van der Waals surface area contributed by atoms with E-state index in [9.17, 15) is 23.1 Å². The average molecular weight is 300 g/mol. The molecule has 1 aromatic carbocycles. The first-order valence-corrected chi connectivity index (χ1v) is 6.72. The first kappa shape index (κ1) is 14.3. The molecule has 1 saturated heterocycles. The van der Waals surface area contributed by atoms with Crippen molar-refractivity contribution < 1.29 is 23.1 Å². The van der Waals surface area contributed by atoms with Crippen molar-refractivity contribution in [3.63, 3.8) is 0 Å². The van der Waals surface area contributed by atoms with Gasteiger partial charge in [-0.25, -0.2) is 0 Å². The molecule has 114 valence electrons. The molecule has 0 aliphatic carbocycles. The zero-order valence-corrected chi connectivity index (χ0v) is 11.4. The van der Waals surface area contributed by atoms with Gasteiger partial charge in [0, 0.05) is 13.0 Å². The Kier molecular flexibility index (Phi) is 2.87. The molecular weight excluding hydrogens is 285 g/mol. The molecule has 0 spiro atoms. The number of rotatable bonds is 1. The van der Waals surface area contributed by atoms with E-state index in [4.69, 9.17) is 0 Å². The minimum Gasteiger partial charge on any atom is -0.373 e. The van der Waals surface area contributed by atoms with Crippen LogP contribution >= 0.6 is 0 Å². The fourth-order valence-electron chi connectivity index (χ4n) is 3.21. The third-order valence-corrected chi connectivity index (χ3v) is 4.43. The predicted molar refractivity (Wildman–Crippen MR) is 69.4 cm³/mol. The molecule has 0 aromatic heterocycles. The van der Waals surface area contributed by atoms with E-state index in [0.29, 0.717) is 12.2 Å². The molecule has 1 amide bonds. The number of alkyl halides is 3. The number of nitrogens with zero attached hydrogens (tertiary/aromatic N) is 1. The SMILES string of the molecule is CC[C@]12C[C@@](O)(C(F)(F)F)C(=O)N1c1ccccc1CN2. The van der Waals surface area contributed by atoms with Gasteiger partial charge in [-0.3, -0.25) is 15.0 Å². The van der Waals surface area contributed by atoms with Gasteiger partial charge in [-0.2, -0.15) is 13.2 Å². The number of aliphatic hydroxyl groups is 1. The third-order valence-electron chi connectivity index (χ3n) is 4.43. The predicted octanol–water partition coefficient (Wildman–Crippen LogP) is 1.93. The van der Waals surface area contributed by atoms with Crippen molar-refractivity contribution in [2.75, 3.05) is 4.90 Å². The molecule has 7 heteroatoms. The Morgan fingerprint density at radius 3 is 2.67 bits per heavy atom. The van der Waals surface area contributed by atoms with Crippen LogP contribution in [0.2, 0.25) is 0 Å². The number of amides is 1. The van der Waals surface area contributed by atoms with Crippen LogP contribution in [0, 0.1) is 0 Å². The Balaban J connectivity index is 2.17. The number of carbonyl (C=O) groups is 1. The zero-order chi connectivity index (χ0) is 15.5. The molecule has 2 aliphatic heterocycles. The molecule has 1 aromatic rings. The summed E-state index contributed by atoms with van der Waals surface area (Å²) in [6, 6.07) is 6.79. The van der Waals surface area contributed by atoms with Crippen LogP contribution in [0.15, 0.2) is 24.3 Å². The summed E-state index contributed by atoms with van der Waals surface area (Å²) in [5, 5.41) is 13.0. The fraction of sp³-hybridized carbons (Fsp3) is 0.500. The summed E-state index contributed by atoms with van der Waals surface area (Å²) < 4.78 is 39.6. The number of halogens is 3. The maximum absolute atomic E-state index is 13.2. The van der Waals surface area contributed by atoms with E-state index in [0.717, 1.165) is 10.5 Å². The van der Waals surface area contributed by atoms with E-state index < -0.39 is 29.8 Å². The lowest BCUT2D eigenvalue weighted by molar-refractivity contribution is -0.248. The van der Waals surface area contributed by atoms with Crippen LogP contribution in [0.3, 0.4) is 0 Å². The van der Waals surface area contributed by atoms with Crippen LogP contribution in [0.1, 0.15) is 25.3 Å². The zero-order valence-electron chi connectivity index (χ0n) is 11.4. The highest BCUT2D eigenvalue weighted by atomic mass is 19.4. The molecule has 1 fully saturated rings. The van der Waals surface area contributed by atoms with Crippen molar-refractivity contribution in [3.8, 4) is 0 Å². The normalized spacial score (nSPS) is 32.0. The van der Waals surface area contributed by atoms with Crippen LogP contribution in [0.5, 0.6) is 0 Å². The van der Waals surface area contributed by atoms with Crippen molar-refractivity contribution >= 4 is 11.6 Å². The molecule has 2 N–H and O–H groups in total. The van der Waals surface area contributed by atoms with E-state index in [1.807, 2.05) is 0 Å².